The highest BCUT2D eigenvalue weighted by molar-refractivity contribution is 5.86. The van der Waals surface area contributed by atoms with Crippen molar-refractivity contribution in [3.63, 3.8) is 0 Å². The summed E-state index contributed by atoms with van der Waals surface area (Å²) < 4.78 is 0. The molecule has 48 valence electrons. The molecule has 0 amide bonds. The second-order valence-electron chi connectivity index (χ2n) is 1.22. The first-order valence-electron chi connectivity index (χ1n) is 2.29. The average Bonchev–Trinajstić information content (AvgIpc) is 1.83. The number of nitrogens with one attached hydrogen (secondary N) is 1. The molecule has 0 aliphatic rings. The van der Waals surface area contributed by atoms with Gasteiger partial charge in [0, 0.05) is 7.05 Å². The van der Waals surface area contributed by atoms with E-state index >= 15 is 0 Å². The maximum atomic E-state index is 8.33. The van der Waals surface area contributed by atoms with Crippen molar-refractivity contribution in [2.75, 3.05) is 20.3 Å². The van der Waals surface area contributed by atoms with E-state index < -0.39 is 0 Å². The summed E-state index contributed by atoms with van der Waals surface area (Å²) >= 11 is 0. The Balaban J connectivity index is 3.49. The first kappa shape index (κ1) is 7.39. The Morgan fingerprint density at radius 3 is 2.12 bits per heavy atom. The van der Waals surface area contributed by atoms with Crippen molar-refractivity contribution in [2.45, 2.75) is 0 Å². The highest BCUT2D eigenvalue weighted by Gasteiger charge is 1.89. The average molecular weight is 118 g/mol. The molecule has 0 atom stereocenters. The zero-order chi connectivity index (χ0) is 6.41. The van der Waals surface area contributed by atoms with Crippen LogP contribution in [0.4, 0.5) is 0 Å². The molecule has 0 aliphatic heterocycles. The molecule has 0 radical (unpaired) electrons. The lowest BCUT2D eigenvalue weighted by molar-refractivity contribution is 0.318. The minimum Gasteiger partial charge on any atom is -0.390 e. The normalized spacial score (nSPS) is 8.38. The highest BCUT2D eigenvalue weighted by atomic mass is 16.3. The molecule has 0 saturated carbocycles. The van der Waals surface area contributed by atoms with Crippen LogP contribution >= 0.6 is 0 Å². The van der Waals surface area contributed by atoms with E-state index in [2.05, 4.69) is 10.5 Å². The number of nitrogens with zero attached hydrogens (tertiary/aromatic N) is 1. The third-order valence-corrected chi connectivity index (χ3v) is 0.635. The Hall–Kier alpha value is -0.610. The molecule has 3 N–H and O–H groups in total. The third-order valence-electron chi connectivity index (χ3n) is 0.635. The molecular formula is C4H10N2O2. The van der Waals surface area contributed by atoms with Crippen molar-refractivity contribution in [3.8, 4) is 0 Å². The fourth-order valence-corrected chi connectivity index (χ4v) is 0.279. The molecular weight excluding hydrogens is 108 g/mol. The summed E-state index contributed by atoms with van der Waals surface area (Å²) in [5, 5.41) is 20.2. The van der Waals surface area contributed by atoms with Gasteiger partial charge in [0.25, 0.3) is 0 Å². The standard InChI is InChI=1S/C4H10N2O2/c1-5-6-4(2-7)3-8/h5,7-8H,2-3H2,1H3. The molecule has 0 heterocycles. The van der Waals surface area contributed by atoms with E-state index in [9.17, 15) is 0 Å². The molecule has 0 saturated heterocycles. The second-order valence-corrected chi connectivity index (χ2v) is 1.22. The van der Waals surface area contributed by atoms with Gasteiger partial charge in [-0.2, -0.15) is 5.10 Å². The quantitative estimate of drug-likeness (QED) is 0.313. The fourth-order valence-electron chi connectivity index (χ4n) is 0.279. The van der Waals surface area contributed by atoms with Crippen LogP contribution < -0.4 is 5.43 Å². The summed E-state index contributed by atoms with van der Waals surface area (Å²) in [6.07, 6.45) is 0. The number of aliphatic hydroxyl groups excluding tert-OH is 2. The number of hydrogen-bond acceptors (Lipinski definition) is 4. The van der Waals surface area contributed by atoms with E-state index in [-0.39, 0.29) is 13.2 Å². The van der Waals surface area contributed by atoms with Crippen molar-refractivity contribution in [1.29, 1.82) is 0 Å². The molecule has 0 aromatic rings. The summed E-state index contributed by atoms with van der Waals surface area (Å²) in [7, 11) is 1.60. The van der Waals surface area contributed by atoms with Crippen molar-refractivity contribution in [1.82, 2.24) is 5.43 Å². The van der Waals surface area contributed by atoms with Crippen LogP contribution in [-0.4, -0.2) is 36.2 Å². The van der Waals surface area contributed by atoms with Crippen LogP contribution in [0.1, 0.15) is 0 Å². The molecule has 0 aliphatic carbocycles. The van der Waals surface area contributed by atoms with Crippen LogP contribution in [0.3, 0.4) is 0 Å². The molecule has 0 unspecified atom stereocenters. The lowest BCUT2D eigenvalue weighted by atomic mass is 10.4. The fraction of sp³-hybridized carbons (Fsp3) is 0.750. The number of rotatable bonds is 3. The number of hydrazone groups is 1. The monoisotopic (exact) mass is 118 g/mol. The first-order valence-corrected chi connectivity index (χ1v) is 2.29. The van der Waals surface area contributed by atoms with Crippen LogP contribution in [-0.2, 0) is 0 Å². The van der Waals surface area contributed by atoms with Crippen molar-refractivity contribution >= 4 is 5.71 Å². The minimum absolute atomic E-state index is 0.197. The second kappa shape index (κ2) is 4.55. The van der Waals surface area contributed by atoms with Gasteiger partial charge < -0.3 is 15.6 Å². The Morgan fingerprint density at radius 1 is 1.50 bits per heavy atom. The Kier molecular flexibility index (Phi) is 4.20. The van der Waals surface area contributed by atoms with Gasteiger partial charge in [-0.25, -0.2) is 0 Å². The Bertz CT molecular complexity index is 76.1. The largest absolute Gasteiger partial charge is 0.390 e. The first-order chi connectivity index (χ1) is 3.85. The summed E-state index contributed by atoms with van der Waals surface area (Å²) in [6, 6.07) is 0. The zero-order valence-corrected chi connectivity index (χ0v) is 4.76. The lowest BCUT2D eigenvalue weighted by Crippen LogP contribution is -2.13. The van der Waals surface area contributed by atoms with Crippen LogP contribution in [0.25, 0.3) is 0 Å². The molecule has 0 aromatic heterocycles. The van der Waals surface area contributed by atoms with E-state index in [0.29, 0.717) is 5.71 Å². The SMILES string of the molecule is CNN=C(CO)CO. The van der Waals surface area contributed by atoms with E-state index in [0.717, 1.165) is 0 Å². The molecule has 0 aromatic carbocycles. The molecule has 8 heavy (non-hydrogen) atoms. The topological polar surface area (TPSA) is 64.9 Å². The third kappa shape index (κ3) is 2.54. The Labute approximate surface area is 47.8 Å². The van der Waals surface area contributed by atoms with Gasteiger partial charge in [0.05, 0.1) is 18.9 Å². The molecule has 0 fully saturated rings. The van der Waals surface area contributed by atoms with Gasteiger partial charge in [0.2, 0.25) is 0 Å². The Morgan fingerprint density at radius 2 is 2.00 bits per heavy atom. The summed E-state index contributed by atoms with van der Waals surface area (Å²) in [5.74, 6) is 0. The van der Waals surface area contributed by atoms with Gasteiger partial charge in [0.1, 0.15) is 0 Å². The van der Waals surface area contributed by atoms with Gasteiger partial charge in [-0.3, -0.25) is 0 Å². The number of hydrogen-bond donors (Lipinski definition) is 3. The van der Waals surface area contributed by atoms with Crippen LogP contribution in [0.5, 0.6) is 0 Å². The van der Waals surface area contributed by atoms with Gasteiger partial charge >= 0.3 is 0 Å². The molecule has 4 heteroatoms. The smallest absolute Gasteiger partial charge is 0.0885 e. The van der Waals surface area contributed by atoms with Gasteiger partial charge in [-0.15, -0.1) is 0 Å². The molecule has 0 rings (SSSR count). The van der Waals surface area contributed by atoms with E-state index in [1.807, 2.05) is 0 Å². The molecule has 4 nitrogen and oxygen atoms in total. The summed E-state index contributed by atoms with van der Waals surface area (Å²) in [6.45, 7) is -0.394. The maximum absolute atomic E-state index is 8.33. The van der Waals surface area contributed by atoms with Crippen molar-refractivity contribution in [3.05, 3.63) is 0 Å². The highest BCUT2D eigenvalue weighted by Crippen LogP contribution is 1.69. The maximum Gasteiger partial charge on any atom is 0.0885 e. The molecule has 0 bridgehead atoms. The van der Waals surface area contributed by atoms with Crippen molar-refractivity contribution < 1.29 is 10.2 Å². The van der Waals surface area contributed by atoms with Gasteiger partial charge in [-0.05, 0) is 0 Å². The molecule has 0 spiro atoms. The van der Waals surface area contributed by atoms with Crippen LogP contribution in [0.2, 0.25) is 0 Å². The zero-order valence-electron chi connectivity index (χ0n) is 4.76. The van der Waals surface area contributed by atoms with E-state index in [1.165, 1.54) is 0 Å². The van der Waals surface area contributed by atoms with E-state index in [1.54, 1.807) is 7.05 Å². The van der Waals surface area contributed by atoms with Crippen LogP contribution in [0.15, 0.2) is 5.10 Å². The summed E-state index contributed by atoms with van der Waals surface area (Å²) in [4.78, 5) is 0. The van der Waals surface area contributed by atoms with E-state index in [4.69, 9.17) is 10.2 Å². The van der Waals surface area contributed by atoms with Gasteiger partial charge in [0.15, 0.2) is 0 Å². The van der Waals surface area contributed by atoms with Crippen LogP contribution in [0, 0.1) is 0 Å². The van der Waals surface area contributed by atoms with Gasteiger partial charge in [-0.1, -0.05) is 0 Å². The summed E-state index contributed by atoms with van der Waals surface area (Å²) in [5.41, 5.74) is 2.78. The van der Waals surface area contributed by atoms with Crippen molar-refractivity contribution in [2.24, 2.45) is 5.10 Å². The minimum atomic E-state index is -0.197. The predicted molar refractivity (Wildman–Crippen MR) is 30.7 cm³/mol. The number of aliphatic hydroxyl groups is 2. The predicted octanol–water partition coefficient (Wildman–Crippen LogP) is -1.45. The lowest BCUT2D eigenvalue weighted by Gasteiger charge is -1.94.